The number of hydrogen-bond donors (Lipinski definition) is 1. The minimum atomic E-state index is -0.299. The zero-order chi connectivity index (χ0) is 19.2. The van der Waals surface area contributed by atoms with E-state index in [9.17, 15) is 13.6 Å². The van der Waals surface area contributed by atoms with Gasteiger partial charge in [0.25, 0.3) is 0 Å². The van der Waals surface area contributed by atoms with Gasteiger partial charge in [-0.05, 0) is 42.0 Å². The molecule has 0 bridgehead atoms. The summed E-state index contributed by atoms with van der Waals surface area (Å²) in [6, 6.07) is 10.5. The highest BCUT2D eigenvalue weighted by Gasteiger charge is 2.23. The van der Waals surface area contributed by atoms with Crippen LogP contribution in [0.1, 0.15) is 11.1 Å². The second kappa shape index (κ2) is 8.77. The van der Waals surface area contributed by atoms with E-state index in [-0.39, 0.29) is 17.5 Å². The van der Waals surface area contributed by atoms with Crippen molar-refractivity contribution in [2.24, 2.45) is 0 Å². The first-order chi connectivity index (χ1) is 13.0. The SMILES string of the molecule is COc1ccc(F)cc1C[NH+]1CCN(C(=O)/C=C/c2ccc(F)cc2)CC1. The molecule has 1 heterocycles. The van der Waals surface area contributed by atoms with Gasteiger partial charge in [-0.1, -0.05) is 12.1 Å². The molecular formula is C21H23F2N2O2+. The summed E-state index contributed by atoms with van der Waals surface area (Å²) in [5, 5.41) is 0. The van der Waals surface area contributed by atoms with Crippen LogP contribution in [0.3, 0.4) is 0 Å². The van der Waals surface area contributed by atoms with Crippen molar-refractivity contribution in [2.45, 2.75) is 6.54 Å². The third kappa shape index (κ3) is 5.14. The topological polar surface area (TPSA) is 34.0 Å². The molecule has 2 aromatic carbocycles. The van der Waals surface area contributed by atoms with Crippen molar-refractivity contribution in [3.05, 3.63) is 71.3 Å². The molecule has 0 radical (unpaired) electrons. The van der Waals surface area contributed by atoms with E-state index in [0.717, 1.165) is 24.2 Å². The van der Waals surface area contributed by atoms with Crippen LogP contribution in [0.4, 0.5) is 8.78 Å². The Labute approximate surface area is 157 Å². The number of nitrogens with one attached hydrogen (secondary N) is 1. The van der Waals surface area contributed by atoms with E-state index in [4.69, 9.17) is 4.74 Å². The minimum absolute atomic E-state index is 0.0540. The Hall–Kier alpha value is -2.73. The molecule has 1 fully saturated rings. The summed E-state index contributed by atoms with van der Waals surface area (Å²) in [5.74, 6) is 0.0591. The number of piperazine rings is 1. The molecule has 142 valence electrons. The number of quaternary nitrogens is 1. The van der Waals surface area contributed by atoms with Crippen LogP contribution in [0.5, 0.6) is 5.75 Å². The van der Waals surface area contributed by atoms with E-state index in [0.29, 0.717) is 25.4 Å². The maximum Gasteiger partial charge on any atom is 0.246 e. The van der Waals surface area contributed by atoms with Crippen LogP contribution in [0.25, 0.3) is 6.08 Å². The standard InChI is InChI=1S/C21H22F2N2O2/c1-27-20-8-7-19(23)14-17(20)15-24-10-12-25(13-11-24)21(26)9-4-16-2-5-18(22)6-3-16/h2-9,14H,10-13,15H2,1H3/p+1/b9-4+. The molecule has 0 aromatic heterocycles. The molecule has 1 saturated heterocycles. The van der Waals surface area contributed by atoms with Crippen molar-refractivity contribution in [1.29, 1.82) is 0 Å². The van der Waals surface area contributed by atoms with Gasteiger partial charge in [-0.25, -0.2) is 8.78 Å². The second-order valence-corrected chi connectivity index (χ2v) is 6.59. The number of methoxy groups -OCH3 is 1. The first kappa shape index (κ1) is 19.0. The van der Waals surface area contributed by atoms with Gasteiger partial charge in [0.05, 0.1) is 38.9 Å². The fourth-order valence-corrected chi connectivity index (χ4v) is 3.22. The summed E-state index contributed by atoms with van der Waals surface area (Å²) >= 11 is 0. The Kier molecular flexibility index (Phi) is 6.19. The zero-order valence-corrected chi connectivity index (χ0v) is 15.3. The van der Waals surface area contributed by atoms with E-state index >= 15 is 0 Å². The van der Waals surface area contributed by atoms with Gasteiger partial charge >= 0.3 is 0 Å². The summed E-state index contributed by atoms with van der Waals surface area (Å²) in [7, 11) is 1.58. The summed E-state index contributed by atoms with van der Waals surface area (Å²) in [6.07, 6.45) is 3.21. The Balaban J connectivity index is 1.53. The molecule has 1 aliphatic rings. The van der Waals surface area contributed by atoms with Gasteiger partial charge in [0.15, 0.2) is 0 Å². The second-order valence-electron chi connectivity index (χ2n) is 6.59. The number of ether oxygens (including phenoxy) is 1. The van der Waals surface area contributed by atoms with E-state index in [1.54, 1.807) is 36.3 Å². The lowest BCUT2D eigenvalue weighted by atomic mass is 10.1. The summed E-state index contributed by atoms with van der Waals surface area (Å²) in [6.45, 7) is 3.51. The highest BCUT2D eigenvalue weighted by Crippen LogP contribution is 2.18. The molecule has 3 rings (SSSR count). The first-order valence-corrected chi connectivity index (χ1v) is 8.93. The van der Waals surface area contributed by atoms with Gasteiger partial charge in [0.2, 0.25) is 5.91 Å². The number of carbonyl (C=O) groups excluding carboxylic acids is 1. The number of halogens is 2. The van der Waals surface area contributed by atoms with Crippen molar-refractivity contribution in [3.8, 4) is 5.75 Å². The Morgan fingerprint density at radius 3 is 2.44 bits per heavy atom. The van der Waals surface area contributed by atoms with Crippen LogP contribution in [0.15, 0.2) is 48.5 Å². The zero-order valence-electron chi connectivity index (χ0n) is 15.3. The molecule has 0 aliphatic carbocycles. The van der Waals surface area contributed by atoms with E-state index in [1.165, 1.54) is 35.2 Å². The predicted molar refractivity (Wildman–Crippen MR) is 99.4 cm³/mol. The van der Waals surface area contributed by atoms with Crippen molar-refractivity contribution in [3.63, 3.8) is 0 Å². The molecule has 27 heavy (non-hydrogen) atoms. The van der Waals surface area contributed by atoms with Crippen molar-refractivity contribution >= 4 is 12.0 Å². The smallest absolute Gasteiger partial charge is 0.246 e. The Morgan fingerprint density at radius 2 is 1.78 bits per heavy atom. The number of hydrogen-bond acceptors (Lipinski definition) is 2. The molecule has 1 N–H and O–H groups in total. The van der Waals surface area contributed by atoms with Gasteiger partial charge in [0.1, 0.15) is 23.9 Å². The molecule has 0 spiro atoms. The third-order valence-corrected chi connectivity index (χ3v) is 4.75. The van der Waals surface area contributed by atoms with Gasteiger partial charge in [0, 0.05) is 6.08 Å². The number of carbonyl (C=O) groups is 1. The maximum atomic E-state index is 13.5. The highest BCUT2D eigenvalue weighted by atomic mass is 19.1. The molecule has 4 nitrogen and oxygen atoms in total. The lowest BCUT2D eigenvalue weighted by Gasteiger charge is -2.32. The van der Waals surface area contributed by atoms with E-state index < -0.39 is 0 Å². The molecule has 0 saturated carbocycles. The first-order valence-electron chi connectivity index (χ1n) is 8.93. The van der Waals surface area contributed by atoms with Gasteiger partial charge in [-0.3, -0.25) is 4.79 Å². The number of nitrogens with zero attached hydrogens (tertiary/aromatic N) is 1. The molecule has 2 aromatic rings. The van der Waals surface area contributed by atoms with Crippen LogP contribution in [-0.2, 0) is 11.3 Å². The molecule has 1 amide bonds. The van der Waals surface area contributed by atoms with Crippen LogP contribution in [0, 0.1) is 11.6 Å². The molecule has 6 heteroatoms. The normalized spacial score (nSPS) is 15.3. The van der Waals surface area contributed by atoms with Crippen LogP contribution in [-0.4, -0.2) is 44.1 Å². The monoisotopic (exact) mass is 373 g/mol. The number of rotatable bonds is 5. The molecule has 1 aliphatic heterocycles. The van der Waals surface area contributed by atoms with E-state index in [2.05, 4.69) is 0 Å². The van der Waals surface area contributed by atoms with Crippen molar-refractivity contribution in [2.75, 3.05) is 33.3 Å². The minimum Gasteiger partial charge on any atom is -0.496 e. The van der Waals surface area contributed by atoms with Crippen molar-refractivity contribution in [1.82, 2.24) is 4.90 Å². The number of amides is 1. The Morgan fingerprint density at radius 1 is 1.11 bits per heavy atom. The van der Waals surface area contributed by atoms with Gasteiger partial charge in [-0.2, -0.15) is 0 Å². The molecule has 0 unspecified atom stereocenters. The summed E-state index contributed by atoms with van der Waals surface area (Å²) < 4.78 is 31.7. The highest BCUT2D eigenvalue weighted by molar-refractivity contribution is 5.91. The lowest BCUT2D eigenvalue weighted by Crippen LogP contribution is -3.13. The summed E-state index contributed by atoms with van der Waals surface area (Å²) in [4.78, 5) is 15.4. The lowest BCUT2D eigenvalue weighted by molar-refractivity contribution is -0.917. The van der Waals surface area contributed by atoms with E-state index in [1.807, 2.05) is 0 Å². The average molecular weight is 373 g/mol. The van der Waals surface area contributed by atoms with Crippen LogP contribution < -0.4 is 9.64 Å². The van der Waals surface area contributed by atoms with Gasteiger partial charge in [-0.15, -0.1) is 0 Å². The maximum absolute atomic E-state index is 13.5. The number of benzene rings is 2. The fourth-order valence-electron chi connectivity index (χ4n) is 3.22. The fraction of sp³-hybridized carbons (Fsp3) is 0.286. The van der Waals surface area contributed by atoms with Crippen LogP contribution >= 0.6 is 0 Å². The van der Waals surface area contributed by atoms with Gasteiger partial charge < -0.3 is 14.5 Å². The molecule has 0 atom stereocenters. The average Bonchev–Trinajstić information content (AvgIpc) is 2.68. The predicted octanol–water partition coefficient (Wildman–Crippen LogP) is 1.91. The van der Waals surface area contributed by atoms with Crippen molar-refractivity contribution < 1.29 is 23.2 Å². The quantitative estimate of drug-likeness (QED) is 0.813. The summed E-state index contributed by atoms with van der Waals surface area (Å²) in [5.41, 5.74) is 1.62. The molecular weight excluding hydrogens is 350 g/mol. The third-order valence-electron chi connectivity index (χ3n) is 4.75. The van der Waals surface area contributed by atoms with Crippen LogP contribution in [0.2, 0.25) is 0 Å². The largest absolute Gasteiger partial charge is 0.496 e. The Bertz CT molecular complexity index is 813.